The molecule has 3 rings (SSSR count). The zero-order valence-electron chi connectivity index (χ0n) is 13.4. The van der Waals surface area contributed by atoms with Crippen LogP contribution in [0.3, 0.4) is 0 Å². The van der Waals surface area contributed by atoms with E-state index in [4.69, 9.17) is 4.74 Å². The van der Waals surface area contributed by atoms with Gasteiger partial charge >= 0.3 is 0 Å². The fraction of sp³-hybridized carbons (Fsp3) is 0.611. The molecule has 23 heavy (non-hydrogen) atoms. The molecule has 2 aliphatic heterocycles. The van der Waals surface area contributed by atoms with E-state index in [1.807, 2.05) is 6.07 Å². The normalized spacial score (nSPS) is 23.6. The molecule has 2 N–H and O–H groups in total. The maximum absolute atomic E-state index is 13.6. The fourth-order valence-electron chi connectivity index (χ4n) is 3.62. The number of carbonyl (C=O) groups excluding carboxylic acids is 1. The van der Waals surface area contributed by atoms with Crippen LogP contribution in [0.4, 0.5) is 4.39 Å². The molecule has 1 amide bonds. The van der Waals surface area contributed by atoms with E-state index in [9.17, 15) is 9.18 Å². The molecule has 0 bridgehead atoms. The van der Waals surface area contributed by atoms with Gasteiger partial charge in [0, 0.05) is 19.6 Å². The Morgan fingerprint density at radius 1 is 1.39 bits per heavy atom. The lowest BCUT2D eigenvalue weighted by Crippen LogP contribution is -2.49. The minimum Gasteiger partial charge on any atom is -0.381 e. The Bertz CT molecular complexity index is 538. The summed E-state index contributed by atoms with van der Waals surface area (Å²) in [5.41, 5.74) is 0.349. The molecule has 1 unspecified atom stereocenters. The molecule has 126 valence electrons. The number of carbonyl (C=O) groups is 1. The van der Waals surface area contributed by atoms with E-state index in [-0.39, 0.29) is 11.7 Å². The third-order valence-electron chi connectivity index (χ3n) is 5.04. The van der Waals surface area contributed by atoms with Crippen LogP contribution < -0.4 is 10.6 Å². The molecule has 0 spiro atoms. The van der Waals surface area contributed by atoms with Crippen LogP contribution in [-0.2, 0) is 15.1 Å². The Morgan fingerprint density at radius 2 is 2.22 bits per heavy atom. The van der Waals surface area contributed by atoms with Gasteiger partial charge in [-0.2, -0.15) is 0 Å². The van der Waals surface area contributed by atoms with Crippen molar-refractivity contribution in [1.29, 1.82) is 0 Å². The van der Waals surface area contributed by atoms with Gasteiger partial charge in [-0.3, -0.25) is 4.79 Å². The number of amides is 1. The summed E-state index contributed by atoms with van der Waals surface area (Å²) < 4.78 is 19.1. The molecule has 0 radical (unpaired) electrons. The van der Waals surface area contributed by atoms with Crippen LogP contribution in [0, 0.1) is 11.7 Å². The minimum absolute atomic E-state index is 0.0584. The largest absolute Gasteiger partial charge is 0.381 e. The molecule has 1 atom stereocenters. The third kappa shape index (κ3) is 4.09. The highest BCUT2D eigenvalue weighted by Crippen LogP contribution is 2.32. The standard InChI is InChI=1S/C18H25FN2O2/c19-16-3-1-2-15(12-16)18(7-10-23-11-8-18)21-17(22)5-4-14-6-9-20-13-14/h1-3,12,14,20H,4-11,13H2,(H,21,22). The highest BCUT2D eigenvalue weighted by molar-refractivity contribution is 5.77. The van der Waals surface area contributed by atoms with Gasteiger partial charge in [0.15, 0.2) is 0 Å². The van der Waals surface area contributed by atoms with Crippen LogP contribution in [0.25, 0.3) is 0 Å². The van der Waals surface area contributed by atoms with Gasteiger partial charge < -0.3 is 15.4 Å². The van der Waals surface area contributed by atoms with Crippen molar-refractivity contribution < 1.29 is 13.9 Å². The van der Waals surface area contributed by atoms with E-state index in [2.05, 4.69) is 10.6 Å². The zero-order valence-corrected chi connectivity index (χ0v) is 13.4. The molecular weight excluding hydrogens is 295 g/mol. The summed E-state index contributed by atoms with van der Waals surface area (Å²) in [6, 6.07) is 6.58. The van der Waals surface area contributed by atoms with Gasteiger partial charge in [-0.25, -0.2) is 4.39 Å². The second kappa shape index (κ2) is 7.41. The average molecular weight is 320 g/mol. The second-order valence-electron chi connectivity index (χ2n) is 6.65. The summed E-state index contributed by atoms with van der Waals surface area (Å²) in [6.07, 6.45) is 3.97. The van der Waals surface area contributed by atoms with Crippen molar-refractivity contribution in [2.45, 2.75) is 37.6 Å². The number of rotatable bonds is 5. The highest BCUT2D eigenvalue weighted by Gasteiger charge is 2.36. The number of ether oxygens (including phenoxy) is 1. The number of halogens is 1. The predicted octanol–water partition coefficient (Wildman–Crippen LogP) is 2.34. The molecule has 1 aromatic rings. The fourth-order valence-corrected chi connectivity index (χ4v) is 3.62. The van der Waals surface area contributed by atoms with Crippen LogP contribution in [0.15, 0.2) is 24.3 Å². The first-order valence-corrected chi connectivity index (χ1v) is 8.53. The second-order valence-corrected chi connectivity index (χ2v) is 6.65. The smallest absolute Gasteiger partial charge is 0.220 e. The Morgan fingerprint density at radius 3 is 2.91 bits per heavy atom. The molecular formula is C18H25FN2O2. The van der Waals surface area contributed by atoms with E-state index in [0.717, 1.165) is 31.5 Å². The first-order valence-electron chi connectivity index (χ1n) is 8.53. The molecule has 2 heterocycles. The third-order valence-corrected chi connectivity index (χ3v) is 5.04. The summed E-state index contributed by atoms with van der Waals surface area (Å²) in [6.45, 7) is 3.24. The van der Waals surface area contributed by atoms with Crippen molar-refractivity contribution in [3.8, 4) is 0 Å². The van der Waals surface area contributed by atoms with Crippen LogP contribution in [0.5, 0.6) is 0 Å². The summed E-state index contributed by atoms with van der Waals surface area (Å²) >= 11 is 0. The average Bonchev–Trinajstić information content (AvgIpc) is 3.07. The summed E-state index contributed by atoms with van der Waals surface area (Å²) in [5.74, 6) is 0.392. The lowest BCUT2D eigenvalue weighted by molar-refractivity contribution is -0.124. The molecule has 4 nitrogen and oxygen atoms in total. The Hall–Kier alpha value is -1.46. The Kier molecular flexibility index (Phi) is 5.28. The van der Waals surface area contributed by atoms with Gasteiger partial charge in [0.2, 0.25) is 5.91 Å². The number of hydrogen-bond donors (Lipinski definition) is 2. The van der Waals surface area contributed by atoms with Gasteiger partial charge in [0.05, 0.1) is 5.54 Å². The molecule has 2 aliphatic rings. The molecule has 2 saturated heterocycles. The summed E-state index contributed by atoms with van der Waals surface area (Å²) in [4.78, 5) is 12.5. The Labute approximate surface area is 136 Å². The Balaban J connectivity index is 1.67. The van der Waals surface area contributed by atoms with E-state index >= 15 is 0 Å². The van der Waals surface area contributed by atoms with Gasteiger partial charge in [0.1, 0.15) is 5.82 Å². The summed E-state index contributed by atoms with van der Waals surface area (Å²) in [7, 11) is 0. The van der Waals surface area contributed by atoms with Crippen LogP contribution in [0.1, 0.15) is 37.7 Å². The molecule has 0 saturated carbocycles. The van der Waals surface area contributed by atoms with Crippen molar-refractivity contribution in [1.82, 2.24) is 10.6 Å². The predicted molar refractivity (Wildman–Crippen MR) is 86.5 cm³/mol. The van der Waals surface area contributed by atoms with Crippen LogP contribution in [0.2, 0.25) is 0 Å². The molecule has 2 fully saturated rings. The zero-order chi connectivity index (χ0) is 16.1. The van der Waals surface area contributed by atoms with Crippen LogP contribution >= 0.6 is 0 Å². The quantitative estimate of drug-likeness (QED) is 0.875. The van der Waals surface area contributed by atoms with E-state index in [1.54, 1.807) is 6.07 Å². The van der Waals surface area contributed by atoms with Crippen LogP contribution in [-0.4, -0.2) is 32.2 Å². The number of nitrogens with one attached hydrogen (secondary N) is 2. The molecule has 1 aromatic carbocycles. The van der Waals surface area contributed by atoms with Crippen molar-refractivity contribution in [2.24, 2.45) is 5.92 Å². The summed E-state index contributed by atoms with van der Waals surface area (Å²) in [5, 5.41) is 6.52. The molecule has 0 aromatic heterocycles. The van der Waals surface area contributed by atoms with Gasteiger partial charge in [-0.05, 0) is 62.4 Å². The van der Waals surface area contributed by atoms with E-state index in [0.29, 0.717) is 38.4 Å². The van der Waals surface area contributed by atoms with Crippen molar-refractivity contribution in [3.05, 3.63) is 35.6 Å². The van der Waals surface area contributed by atoms with Gasteiger partial charge in [-0.1, -0.05) is 12.1 Å². The monoisotopic (exact) mass is 320 g/mol. The van der Waals surface area contributed by atoms with Crippen molar-refractivity contribution in [3.63, 3.8) is 0 Å². The lowest BCUT2D eigenvalue weighted by atomic mass is 9.82. The van der Waals surface area contributed by atoms with E-state index in [1.165, 1.54) is 12.1 Å². The first kappa shape index (κ1) is 16.4. The maximum atomic E-state index is 13.6. The SMILES string of the molecule is O=C(CCC1CCNC1)NC1(c2cccc(F)c2)CCOCC1. The van der Waals surface area contributed by atoms with Crippen molar-refractivity contribution >= 4 is 5.91 Å². The highest BCUT2D eigenvalue weighted by atomic mass is 19.1. The minimum atomic E-state index is -0.495. The first-order chi connectivity index (χ1) is 11.2. The molecule has 0 aliphatic carbocycles. The molecule has 5 heteroatoms. The number of hydrogen-bond acceptors (Lipinski definition) is 3. The number of benzene rings is 1. The van der Waals surface area contributed by atoms with Gasteiger partial charge in [0.25, 0.3) is 0 Å². The topological polar surface area (TPSA) is 50.4 Å². The van der Waals surface area contributed by atoms with Gasteiger partial charge in [-0.15, -0.1) is 0 Å². The maximum Gasteiger partial charge on any atom is 0.220 e. The van der Waals surface area contributed by atoms with E-state index < -0.39 is 5.54 Å². The van der Waals surface area contributed by atoms with Crippen molar-refractivity contribution in [2.75, 3.05) is 26.3 Å². The lowest BCUT2D eigenvalue weighted by Gasteiger charge is -2.38.